The normalized spacial score (nSPS) is 12.8. The van der Waals surface area contributed by atoms with Crippen LogP contribution >= 0.6 is 24.0 Å². The molecule has 26 heavy (non-hydrogen) atoms. The summed E-state index contributed by atoms with van der Waals surface area (Å²) in [4.78, 5) is 4.31. The highest BCUT2D eigenvalue weighted by atomic mass is 127. The molecular weight excluding hydrogens is 435 g/mol. The van der Waals surface area contributed by atoms with Gasteiger partial charge in [0.05, 0.1) is 0 Å². The van der Waals surface area contributed by atoms with Crippen molar-refractivity contribution in [3.8, 4) is 0 Å². The molecule has 0 amide bonds. The van der Waals surface area contributed by atoms with E-state index in [1.807, 2.05) is 24.3 Å². The van der Waals surface area contributed by atoms with Crippen molar-refractivity contribution in [2.75, 3.05) is 13.6 Å². The summed E-state index contributed by atoms with van der Waals surface area (Å²) in [5.41, 5.74) is 2.46. The smallest absolute Gasteiger partial charge is 0.191 e. The fraction of sp³-hybridized carbons (Fsp3) is 0.381. The number of hydrogen-bond donors (Lipinski definition) is 3. The number of halogens is 1. The van der Waals surface area contributed by atoms with Crippen molar-refractivity contribution < 1.29 is 0 Å². The summed E-state index contributed by atoms with van der Waals surface area (Å²) in [7, 11) is 1.80. The second-order valence-electron chi connectivity index (χ2n) is 6.93. The molecule has 0 fully saturated rings. The Morgan fingerprint density at radius 3 is 2.12 bits per heavy atom. The van der Waals surface area contributed by atoms with E-state index in [9.17, 15) is 0 Å². The summed E-state index contributed by atoms with van der Waals surface area (Å²) in [6.45, 7) is 8.13. The standard InChI is InChI=1S/C21H30N4.HI/c1-17(19-13-9-6-10-14-19)25-21(2,3)16-24-20(22-4)23-15-18-11-7-5-8-12-18;/h5-14,17,25H,15-16H2,1-4H3,(H2,22,23,24);1H. The zero-order valence-electron chi connectivity index (χ0n) is 16.1. The fourth-order valence-electron chi connectivity index (χ4n) is 2.77. The summed E-state index contributed by atoms with van der Waals surface area (Å²) in [6.07, 6.45) is 0. The maximum atomic E-state index is 4.31. The van der Waals surface area contributed by atoms with E-state index in [0.717, 1.165) is 19.0 Å². The molecule has 0 bridgehead atoms. The monoisotopic (exact) mass is 466 g/mol. The van der Waals surface area contributed by atoms with Crippen LogP contribution < -0.4 is 16.0 Å². The molecule has 0 saturated carbocycles. The molecule has 2 rings (SSSR count). The van der Waals surface area contributed by atoms with Gasteiger partial charge < -0.3 is 16.0 Å². The van der Waals surface area contributed by atoms with Gasteiger partial charge in [-0.1, -0.05) is 60.7 Å². The first-order valence-corrected chi connectivity index (χ1v) is 8.81. The molecule has 0 spiro atoms. The first-order valence-electron chi connectivity index (χ1n) is 8.81. The summed E-state index contributed by atoms with van der Waals surface area (Å²) in [5, 5.41) is 10.4. The van der Waals surface area contributed by atoms with Crippen LogP contribution in [0.2, 0.25) is 0 Å². The van der Waals surface area contributed by atoms with E-state index in [1.165, 1.54) is 11.1 Å². The van der Waals surface area contributed by atoms with Crippen molar-refractivity contribution >= 4 is 29.9 Å². The molecule has 1 atom stereocenters. The van der Waals surface area contributed by atoms with E-state index < -0.39 is 0 Å². The van der Waals surface area contributed by atoms with Crippen molar-refractivity contribution in [1.29, 1.82) is 0 Å². The van der Waals surface area contributed by atoms with Crippen molar-refractivity contribution in [3.63, 3.8) is 0 Å². The molecule has 0 aliphatic carbocycles. The highest BCUT2D eigenvalue weighted by Crippen LogP contribution is 2.15. The Morgan fingerprint density at radius 1 is 0.962 bits per heavy atom. The Labute approximate surface area is 174 Å². The molecule has 0 saturated heterocycles. The molecule has 1 unspecified atom stereocenters. The molecule has 0 heterocycles. The average Bonchev–Trinajstić information content (AvgIpc) is 2.63. The zero-order chi connectivity index (χ0) is 18.1. The maximum Gasteiger partial charge on any atom is 0.191 e. The van der Waals surface area contributed by atoms with Gasteiger partial charge in [-0.2, -0.15) is 0 Å². The number of benzene rings is 2. The van der Waals surface area contributed by atoms with Crippen LogP contribution in [0.4, 0.5) is 0 Å². The minimum atomic E-state index is -0.0698. The van der Waals surface area contributed by atoms with Crippen LogP contribution in [0.1, 0.15) is 37.9 Å². The van der Waals surface area contributed by atoms with Crippen LogP contribution in [0.3, 0.4) is 0 Å². The van der Waals surface area contributed by atoms with Gasteiger partial charge in [0.1, 0.15) is 0 Å². The van der Waals surface area contributed by atoms with Crippen LogP contribution in [0, 0.1) is 0 Å². The van der Waals surface area contributed by atoms with Crippen molar-refractivity contribution in [1.82, 2.24) is 16.0 Å². The molecule has 4 nitrogen and oxygen atoms in total. The first-order chi connectivity index (χ1) is 12.0. The predicted octanol–water partition coefficient (Wildman–Crippen LogP) is 4.10. The molecule has 0 aliphatic heterocycles. The molecular formula is C21H31IN4. The van der Waals surface area contributed by atoms with E-state index in [0.29, 0.717) is 0 Å². The summed E-state index contributed by atoms with van der Waals surface area (Å²) in [5.74, 6) is 0.811. The number of guanidine groups is 1. The summed E-state index contributed by atoms with van der Waals surface area (Å²) >= 11 is 0. The SMILES string of the molecule is CN=C(NCc1ccccc1)NCC(C)(C)NC(C)c1ccccc1.I. The number of rotatable bonds is 7. The highest BCUT2D eigenvalue weighted by molar-refractivity contribution is 14.0. The number of aliphatic imine (C=N–C) groups is 1. The summed E-state index contributed by atoms with van der Waals surface area (Å²) in [6, 6.07) is 21.1. The zero-order valence-corrected chi connectivity index (χ0v) is 18.5. The van der Waals surface area contributed by atoms with Gasteiger partial charge in [0.25, 0.3) is 0 Å². The molecule has 5 heteroatoms. The van der Waals surface area contributed by atoms with E-state index in [2.05, 4.69) is 78.1 Å². The maximum absolute atomic E-state index is 4.31. The van der Waals surface area contributed by atoms with Gasteiger partial charge in [-0.15, -0.1) is 24.0 Å². The number of nitrogens with one attached hydrogen (secondary N) is 3. The van der Waals surface area contributed by atoms with Gasteiger partial charge >= 0.3 is 0 Å². The third-order valence-corrected chi connectivity index (χ3v) is 4.13. The fourth-order valence-corrected chi connectivity index (χ4v) is 2.77. The van der Waals surface area contributed by atoms with Crippen LogP contribution in [0.15, 0.2) is 65.7 Å². The molecule has 142 valence electrons. The van der Waals surface area contributed by atoms with E-state index >= 15 is 0 Å². The topological polar surface area (TPSA) is 48.5 Å². The Kier molecular flexibility index (Phi) is 9.65. The van der Waals surface area contributed by atoms with Gasteiger partial charge in [-0.3, -0.25) is 4.99 Å². The van der Waals surface area contributed by atoms with Gasteiger partial charge in [-0.05, 0) is 31.9 Å². The van der Waals surface area contributed by atoms with E-state index in [-0.39, 0.29) is 35.6 Å². The Hall–Kier alpha value is -1.60. The van der Waals surface area contributed by atoms with Crippen LogP contribution in [-0.2, 0) is 6.54 Å². The minimum Gasteiger partial charge on any atom is -0.355 e. The van der Waals surface area contributed by atoms with E-state index in [4.69, 9.17) is 0 Å². The molecule has 3 N–H and O–H groups in total. The largest absolute Gasteiger partial charge is 0.355 e. The lowest BCUT2D eigenvalue weighted by atomic mass is 10.0. The summed E-state index contributed by atoms with van der Waals surface area (Å²) < 4.78 is 0. The highest BCUT2D eigenvalue weighted by Gasteiger charge is 2.21. The van der Waals surface area contributed by atoms with Crippen molar-refractivity contribution in [2.45, 2.75) is 38.9 Å². The Morgan fingerprint density at radius 2 is 1.54 bits per heavy atom. The molecule has 0 aliphatic rings. The van der Waals surface area contributed by atoms with Crippen LogP contribution in [0.5, 0.6) is 0 Å². The van der Waals surface area contributed by atoms with Crippen LogP contribution in [0.25, 0.3) is 0 Å². The minimum absolute atomic E-state index is 0. The molecule has 2 aromatic carbocycles. The third kappa shape index (κ3) is 7.74. The van der Waals surface area contributed by atoms with Crippen molar-refractivity contribution in [2.24, 2.45) is 4.99 Å². The van der Waals surface area contributed by atoms with Gasteiger partial charge in [0.2, 0.25) is 0 Å². The van der Waals surface area contributed by atoms with Gasteiger partial charge in [-0.25, -0.2) is 0 Å². The van der Waals surface area contributed by atoms with Gasteiger partial charge in [0.15, 0.2) is 5.96 Å². The molecule has 0 aromatic heterocycles. The van der Waals surface area contributed by atoms with E-state index in [1.54, 1.807) is 7.05 Å². The molecule has 2 aromatic rings. The second kappa shape index (κ2) is 11.2. The Bertz CT molecular complexity index is 656. The first kappa shape index (κ1) is 22.4. The third-order valence-electron chi connectivity index (χ3n) is 4.13. The molecule has 0 radical (unpaired) electrons. The quantitative estimate of drug-likeness (QED) is 0.327. The van der Waals surface area contributed by atoms with Crippen molar-refractivity contribution in [3.05, 3.63) is 71.8 Å². The predicted molar refractivity (Wildman–Crippen MR) is 122 cm³/mol. The number of hydrogen-bond acceptors (Lipinski definition) is 2. The lowest BCUT2D eigenvalue weighted by Crippen LogP contribution is -2.52. The number of nitrogens with zero attached hydrogens (tertiary/aromatic N) is 1. The van der Waals surface area contributed by atoms with Gasteiger partial charge in [0, 0.05) is 31.7 Å². The lowest BCUT2D eigenvalue weighted by Gasteiger charge is -2.31. The second-order valence-corrected chi connectivity index (χ2v) is 6.93. The lowest BCUT2D eigenvalue weighted by molar-refractivity contribution is 0.345. The van der Waals surface area contributed by atoms with Crippen LogP contribution in [-0.4, -0.2) is 25.1 Å². The average molecular weight is 466 g/mol. The Balaban J connectivity index is 0.00000338.